The summed E-state index contributed by atoms with van der Waals surface area (Å²) < 4.78 is 91.5. The van der Waals surface area contributed by atoms with Crippen molar-refractivity contribution in [3.05, 3.63) is 199 Å². The summed E-state index contributed by atoms with van der Waals surface area (Å²) in [6, 6.07) is 36.8. The molecule has 0 amide bonds. The van der Waals surface area contributed by atoms with Crippen LogP contribution in [0.4, 0.5) is 0 Å². The Bertz CT molecular complexity index is 3860. The molecule has 3 heterocycles. The summed E-state index contributed by atoms with van der Waals surface area (Å²) in [5, 5.41) is 0.920. The van der Waals surface area contributed by atoms with E-state index in [1.807, 2.05) is 69.8 Å². The van der Waals surface area contributed by atoms with Crippen LogP contribution in [0.15, 0.2) is 164 Å². The van der Waals surface area contributed by atoms with Gasteiger partial charge in [0.2, 0.25) is 0 Å². The van der Waals surface area contributed by atoms with Crippen molar-refractivity contribution in [2.24, 2.45) is 5.92 Å². The molecule has 332 valence electrons. The number of imidazole rings is 1. The van der Waals surface area contributed by atoms with Gasteiger partial charge in [-0.25, -0.2) is 4.98 Å². The minimum Gasteiger partial charge on any atom is -0.510 e. The van der Waals surface area contributed by atoms with Gasteiger partial charge < -0.3 is 13.9 Å². The van der Waals surface area contributed by atoms with Crippen LogP contribution in [0.2, 0.25) is 0 Å². The van der Waals surface area contributed by atoms with Gasteiger partial charge in [0.15, 0.2) is 0 Å². The third-order valence-corrected chi connectivity index (χ3v) is 11.7. The summed E-state index contributed by atoms with van der Waals surface area (Å²) in [6.45, 7) is 17.3. The normalized spacial score (nSPS) is 13.9. The maximum absolute atomic E-state index is 9.20. The second kappa shape index (κ2) is 17.7. The SMILES string of the molecule is [2H]c1c([2H])c([2H])c(-c2cccc(-c3cc(C(C)(C)C)cc(C(C)(C)C)c3)c2-[n+]2[c-]n(-c3[c-]c(Oc4[c-]c5c(cc4)c4c([2H])c([2H])c([2H])c([2H])c4n5-c4cc(CC(C)C)ccn4)ccc3)c3ccccc32)c([2H])c1[2H].[Pt]. The van der Waals surface area contributed by atoms with E-state index in [0.717, 1.165) is 45.3 Å². The van der Waals surface area contributed by atoms with Crippen LogP contribution in [0.5, 0.6) is 11.5 Å². The van der Waals surface area contributed by atoms with Crippen molar-refractivity contribution in [2.75, 3.05) is 0 Å². The monoisotopic (exact) mass is 1050 g/mol. The second-order valence-electron chi connectivity index (χ2n) is 19.0. The van der Waals surface area contributed by atoms with E-state index in [1.54, 1.807) is 35.0 Å². The Hall–Kier alpha value is -6.55. The second-order valence-corrected chi connectivity index (χ2v) is 19.0. The first-order valence-corrected chi connectivity index (χ1v) is 22.0. The van der Waals surface area contributed by atoms with Crippen molar-refractivity contribution in [1.82, 2.24) is 14.1 Å². The van der Waals surface area contributed by atoms with Gasteiger partial charge >= 0.3 is 0 Å². The maximum atomic E-state index is 9.20. The molecule has 3 aromatic heterocycles. The van der Waals surface area contributed by atoms with Gasteiger partial charge in [0.25, 0.3) is 6.33 Å². The topological polar surface area (TPSA) is 35.9 Å². The van der Waals surface area contributed by atoms with E-state index in [9.17, 15) is 2.74 Å². The van der Waals surface area contributed by atoms with E-state index in [4.69, 9.17) is 19.3 Å². The van der Waals surface area contributed by atoms with E-state index in [1.165, 1.54) is 0 Å². The molecule has 66 heavy (non-hydrogen) atoms. The van der Waals surface area contributed by atoms with Crippen molar-refractivity contribution < 1.29 is 42.7 Å². The molecule has 0 aliphatic rings. The van der Waals surface area contributed by atoms with Crippen molar-refractivity contribution in [3.8, 4) is 50.9 Å². The average Bonchev–Trinajstić information content (AvgIpc) is 3.95. The first-order chi connectivity index (χ1) is 35.0. The summed E-state index contributed by atoms with van der Waals surface area (Å²) in [7, 11) is 0. The molecule has 5 nitrogen and oxygen atoms in total. The fourth-order valence-corrected chi connectivity index (χ4v) is 8.49. The number of hydrogen-bond acceptors (Lipinski definition) is 2. The molecule has 10 aromatic rings. The molecule has 0 saturated carbocycles. The first kappa shape index (κ1) is 34.7. The minimum absolute atomic E-state index is 0. The van der Waals surface area contributed by atoms with Crippen LogP contribution in [0.1, 0.15) is 84.4 Å². The maximum Gasteiger partial charge on any atom is 0.268 e. The van der Waals surface area contributed by atoms with Crippen LogP contribution in [-0.4, -0.2) is 14.1 Å². The van der Waals surface area contributed by atoms with Gasteiger partial charge in [0.1, 0.15) is 5.82 Å². The number of aromatic nitrogens is 4. The Morgan fingerprint density at radius 3 is 2.09 bits per heavy atom. The van der Waals surface area contributed by atoms with E-state index in [2.05, 4.69) is 92.0 Å². The van der Waals surface area contributed by atoms with Gasteiger partial charge in [0, 0.05) is 44.3 Å². The predicted molar refractivity (Wildman–Crippen MR) is 267 cm³/mol. The van der Waals surface area contributed by atoms with E-state index in [-0.39, 0.29) is 73.7 Å². The summed E-state index contributed by atoms with van der Waals surface area (Å²) in [6.07, 6.45) is 6.12. The summed E-state index contributed by atoms with van der Waals surface area (Å²) >= 11 is 0. The van der Waals surface area contributed by atoms with Crippen LogP contribution < -0.4 is 9.30 Å². The van der Waals surface area contributed by atoms with Gasteiger partial charge in [0.05, 0.1) is 29.1 Å². The number of nitrogens with zero attached hydrogens (tertiary/aromatic N) is 4. The first-order valence-electron chi connectivity index (χ1n) is 26.5. The smallest absolute Gasteiger partial charge is 0.268 e. The summed E-state index contributed by atoms with van der Waals surface area (Å²) in [5.41, 5.74) is 8.39. The molecule has 0 aliphatic carbocycles. The molecule has 0 atom stereocenters. The Morgan fingerprint density at radius 1 is 0.667 bits per heavy atom. The van der Waals surface area contributed by atoms with Gasteiger partial charge in [-0.3, -0.25) is 4.57 Å². The zero-order chi connectivity index (χ0) is 52.9. The molecule has 0 radical (unpaired) electrons. The Balaban J connectivity index is 0.00000689. The molecular weight excluding hydrogens is 988 g/mol. The zero-order valence-electron chi connectivity index (χ0n) is 47.2. The molecule has 0 saturated heterocycles. The molecule has 0 fully saturated rings. The molecule has 6 heteroatoms. The minimum atomic E-state index is -0.471. The largest absolute Gasteiger partial charge is 0.510 e. The molecule has 10 rings (SSSR count). The predicted octanol–water partition coefficient (Wildman–Crippen LogP) is 14.7. The number of rotatable bonds is 9. The Kier molecular flexibility index (Phi) is 9.31. The number of ether oxygens (including phenoxy) is 1. The third-order valence-electron chi connectivity index (χ3n) is 11.7. The fraction of sp³-hybridized carbons (Fsp3) is 0.200. The molecule has 0 bridgehead atoms. The molecule has 0 spiro atoms. The zero-order valence-corrected chi connectivity index (χ0v) is 40.5. The Morgan fingerprint density at radius 2 is 1.35 bits per heavy atom. The molecular formula is C60H54N4OPt-2. The number of para-hydroxylation sites is 4. The number of fused-ring (bicyclic) bond motifs is 4. The molecule has 0 N–H and O–H groups in total. The van der Waals surface area contributed by atoms with Gasteiger partial charge in [-0.05, 0) is 91.4 Å². The number of benzene rings is 7. The number of pyridine rings is 1. The van der Waals surface area contributed by atoms with Gasteiger partial charge in [-0.1, -0.05) is 170 Å². The molecule has 7 aromatic carbocycles. The average molecular weight is 1050 g/mol. The fourth-order valence-electron chi connectivity index (χ4n) is 8.49. The van der Waals surface area contributed by atoms with Crippen LogP contribution in [0.25, 0.3) is 72.3 Å². The van der Waals surface area contributed by atoms with Crippen molar-refractivity contribution in [1.29, 1.82) is 0 Å². The van der Waals surface area contributed by atoms with Gasteiger partial charge in [-0.15, -0.1) is 29.7 Å². The van der Waals surface area contributed by atoms with Crippen molar-refractivity contribution in [3.63, 3.8) is 0 Å². The standard InChI is InChI=1S/C60H54N4O.Pt/c1-40(2)32-41-30-31-61-57(33-41)64-53-25-13-12-22-51(53)52-29-28-48(38-56(52)64)65-47-21-16-20-46(37-47)62-39-63(55-27-15-14-26-54(55)62)58-49(42-18-10-9-11-19-42)23-17-24-50(58)43-34-44(59(3,4)5)36-45(35-43)60(6,7)8;/h9-31,33-36,40H,32H2,1-8H3;/q-2;/i9D,10D,11D,12D,13D,18D,19D,22D,25D;. The van der Waals surface area contributed by atoms with Crippen LogP contribution in [0.3, 0.4) is 0 Å². The van der Waals surface area contributed by atoms with Crippen LogP contribution in [-0.2, 0) is 38.3 Å². The van der Waals surface area contributed by atoms with E-state index < -0.39 is 18.1 Å². The van der Waals surface area contributed by atoms with E-state index >= 15 is 0 Å². The third kappa shape index (κ3) is 8.54. The van der Waals surface area contributed by atoms with Crippen molar-refractivity contribution in [2.45, 2.75) is 72.6 Å². The van der Waals surface area contributed by atoms with Crippen molar-refractivity contribution >= 4 is 32.8 Å². The molecule has 0 unspecified atom stereocenters. The summed E-state index contributed by atoms with van der Waals surface area (Å²) in [4.78, 5) is 4.70. The Labute approximate surface area is 416 Å². The molecule has 0 aliphatic heterocycles. The van der Waals surface area contributed by atoms with Crippen LogP contribution >= 0.6 is 0 Å². The number of hydrogen-bond donors (Lipinski definition) is 0. The quantitative estimate of drug-likeness (QED) is 0.107. The van der Waals surface area contributed by atoms with E-state index in [0.29, 0.717) is 62.0 Å². The van der Waals surface area contributed by atoms with Crippen LogP contribution in [0, 0.1) is 24.4 Å². The summed E-state index contributed by atoms with van der Waals surface area (Å²) in [5.74, 6) is 1.51. The van der Waals surface area contributed by atoms with Gasteiger partial charge in [-0.2, -0.15) is 18.2 Å².